The Morgan fingerprint density at radius 1 is 1.29 bits per heavy atom. The molecule has 1 fully saturated rings. The van der Waals surface area contributed by atoms with Gasteiger partial charge in [-0.2, -0.15) is 0 Å². The first-order valence-electron chi connectivity index (χ1n) is 6.63. The average molecular weight is 288 g/mol. The first kappa shape index (κ1) is 13.6. The van der Waals surface area contributed by atoms with Gasteiger partial charge in [0.2, 0.25) is 5.78 Å². The molecule has 1 aliphatic rings. The number of hydrogen-bond donors (Lipinski definition) is 1. The molecule has 2 heterocycles. The van der Waals surface area contributed by atoms with Crippen LogP contribution in [0.3, 0.4) is 0 Å². The molecule has 0 amide bonds. The summed E-state index contributed by atoms with van der Waals surface area (Å²) in [5.74, 6) is 0.654. The van der Waals surface area contributed by atoms with Crippen LogP contribution in [0, 0.1) is 0 Å². The molecule has 1 aromatic heterocycles. The lowest BCUT2D eigenvalue weighted by atomic mass is 10.1. The first-order valence-corrected chi connectivity index (χ1v) is 6.63. The molecule has 21 heavy (non-hydrogen) atoms. The highest BCUT2D eigenvalue weighted by atomic mass is 16.5. The highest BCUT2D eigenvalue weighted by Crippen LogP contribution is 2.30. The van der Waals surface area contributed by atoms with Crippen LogP contribution in [-0.2, 0) is 0 Å². The molecule has 0 atom stereocenters. The van der Waals surface area contributed by atoms with Gasteiger partial charge in [0.1, 0.15) is 17.1 Å². The van der Waals surface area contributed by atoms with E-state index in [1.165, 1.54) is 14.2 Å². The van der Waals surface area contributed by atoms with E-state index in [0.717, 1.165) is 13.1 Å². The lowest BCUT2D eigenvalue weighted by molar-refractivity contribution is 0.102. The summed E-state index contributed by atoms with van der Waals surface area (Å²) in [4.78, 5) is 12.7. The van der Waals surface area contributed by atoms with Gasteiger partial charge in [-0.3, -0.25) is 4.79 Å². The Balaban J connectivity index is 1.96. The standard InChI is InChI=1S/C14H16N4O3/c1-20-11-4-3-5-12(21-2)13(11)14(19)10-8-18(17-16-10)9-6-15-7-9/h3-5,8-9,15H,6-7H2,1-2H3. The average Bonchev–Trinajstić information content (AvgIpc) is 2.93. The maximum atomic E-state index is 12.7. The van der Waals surface area contributed by atoms with Gasteiger partial charge >= 0.3 is 0 Å². The van der Waals surface area contributed by atoms with Gasteiger partial charge in [-0.25, -0.2) is 4.68 Å². The van der Waals surface area contributed by atoms with Crippen molar-refractivity contribution in [2.75, 3.05) is 27.3 Å². The summed E-state index contributed by atoms with van der Waals surface area (Å²) in [5.41, 5.74) is 0.644. The summed E-state index contributed by atoms with van der Waals surface area (Å²) in [6, 6.07) is 5.47. The molecule has 0 radical (unpaired) electrons. The zero-order valence-electron chi connectivity index (χ0n) is 11.9. The molecule has 0 bridgehead atoms. The van der Waals surface area contributed by atoms with Gasteiger partial charge in [-0.1, -0.05) is 11.3 Å². The van der Waals surface area contributed by atoms with E-state index in [4.69, 9.17) is 9.47 Å². The first-order chi connectivity index (χ1) is 10.2. The van der Waals surface area contributed by atoms with Crippen LogP contribution in [0.15, 0.2) is 24.4 Å². The third-order valence-corrected chi connectivity index (χ3v) is 3.53. The molecule has 7 heteroatoms. The van der Waals surface area contributed by atoms with Crippen LogP contribution in [0.25, 0.3) is 0 Å². The summed E-state index contributed by atoms with van der Waals surface area (Å²) in [6.07, 6.45) is 1.67. The van der Waals surface area contributed by atoms with Crippen LogP contribution in [0.4, 0.5) is 0 Å². The van der Waals surface area contributed by atoms with Crippen molar-refractivity contribution in [3.05, 3.63) is 35.7 Å². The van der Waals surface area contributed by atoms with E-state index < -0.39 is 0 Å². The molecule has 1 saturated heterocycles. The van der Waals surface area contributed by atoms with Crippen molar-refractivity contribution in [3.63, 3.8) is 0 Å². The Kier molecular flexibility index (Phi) is 3.57. The van der Waals surface area contributed by atoms with E-state index in [-0.39, 0.29) is 17.5 Å². The maximum absolute atomic E-state index is 12.7. The van der Waals surface area contributed by atoms with Gasteiger partial charge in [0.15, 0.2) is 5.69 Å². The molecular formula is C14H16N4O3. The highest BCUT2D eigenvalue weighted by molar-refractivity contribution is 6.11. The topological polar surface area (TPSA) is 78.3 Å². The zero-order chi connectivity index (χ0) is 14.8. The summed E-state index contributed by atoms with van der Waals surface area (Å²) < 4.78 is 12.2. The van der Waals surface area contributed by atoms with Crippen LogP contribution in [-0.4, -0.2) is 48.1 Å². The van der Waals surface area contributed by atoms with Crippen LogP contribution >= 0.6 is 0 Å². The molecule has 2 aromatic rings. The lowest BCUT2D eigenvalue weighted by Gasteiger charge is -2.26. The molecule has 110 valence electrons. The van der Waals surface area contributed by atoms with Crippen molar-refractivity contribution < 1.29 is 14.3 Å². The molecule has 3 rings (SSSR count). The van der Waals surface area contributed by atoms with Crippen molar-refractivity contribution in [1.29, 1.82) is 0 Å². The fraction of sp³-hybridized carbons (Fsp3) is 0.357. The van der Waals surface area contributed by atoms with Gasteiger partial charge in [0.05, 0.1) is 26.5 Å². The molecule has 1 aliphatic heterocycles. The van der Waals surface area contributed by atoms with Crippen molar-refractivity contribution >= 4 is 5.78 Å². The number of nitrogens with zero attached hydrogens (tertiary/aromatic N) is 3. The summed E-state index contributed by atoms with van der Waals surface area (Å²) in [6.45, 7) is 1.68. The maximum Gasteiger partial charge on any atom is 0.222 e. The van der Waals surface area contributed by atoms with Crippen LogP contribution in [0.2, 0.25) is 0 Å². The molecule has 0 saturated carbocycles. The fourth-order valence-corrected chi connectivity index (χ4v) is 2.22. The van der Waals surface area contributed by atoms with E-state index in [0.29, 0.717) is 17.1 Å². The van der Waals surface area contributed by atoms with Gasteiger partial charge in [0, 0.05) is 13.1 Å². The third kappa shape index (κ3) is 2.36. The van der Waals surface area contributed by atoms with E-state index in [1.807, 2.05) is 0 Å². The van der Waals surface area contributed by atoms with E-state index >= 15 is 0 Å². The number of ketones is 1. The monoisotopic (exact) mass is 288 g/mol. The van der Waals surface area contributed by atoms with Crippen LogP contribution in [0.1, 0.15) is 22.1 Å². The third-order valence-electron chi connectivity index (χ3n) is 3.53. The van der Waals surface area contributed by atoms with E-state index in [1.54, 1.807) is 29.1 Å². The minimum Gasteiger partial charge on any atom is -0.496 e. The SMILES string of the molecule is COc1cccc(OC)c1C(=O)c1cn(C2CNC2)nn1. The number of carbonyl (C=O) groups excluding carboxylic acids is 1. The number of hydrogen-bond acceptors (Lipinski definition) is 6. The molecular weight excluding hydrogens is 272 g/mol. The zero-order valence-corrected chi connectivity index (χ0v) is 11.9. The molecule has 1 N–H and O–H groups in total. The fourth-order valence-electron chi connectivity index (χ4n) is 2.22. The molecule has 0 aliphatic carbocycles. The number of methoxy groups -OCH3 is 2. The molecule has 0 spiro atoms. The normalized spacial score (nSPS) is 14.6. The number of benzene rings is 1. The summed E-state index contributed by atoms with van der Waals surface area (Å²) >= 11 is 0. The predicted molar refractivity (Wildman–Crippen MR) is 74.9 cm³/mol. The predicted octanol–water partition coefficient (Wildman–Crippen LogP) is 0.671. The summed E-state index contributed by atoms with van der Waals surface area (Å²) in [5, 5.41) is 11.1. The second-order valence-electron chi connectivity index (χ2n) is 4.76. The Hall–Kier alpha value is -2.41. The largest absolute Gasteiger partial charge is 0.496 e. The van der Waals surface area contributed by atoms with Crippen LogP contribution in [0.5, 0.6) is 11.5 Å². The minimum absolute atomic E-state index is 0.261. The summed E-state index contributed by atoms with van der Waals surface area (Å²) in [7, 11) is 3.03. The van der Waals surface area contributed by atoms with Crippen molar-refractivity contribution in [2.24, 2.45) is 0 Å². The molecule has 0 unspecified atom stereocenters. The Morgan fingerprint density at radius 2 is 1.95 bits per heavy atom. The van der Waals surface area contributed by atoms with E-state index in [2.05, 4.69) is 15.6 Å². The van der Waals surface area contributed by atoms with E-state index in [9.17, 15) is 4.79 Å². The van der Waals surface area contributed by atoms with Gasteiger partial charge in [-0.05, 0) is 12.1 Å². The number of aromatic nitrogens is 3. The Bertz CT molecular complexity index is 642. The number of carbonyl (C=O) groups is 1. The quantitative estimate of drug-likeness (QED) is 0.815. The van der Waals surface area contributed by atoms with Crippen LogP contribution < -0.4 is 14.8 Å². The van der Waals surface area contributed by atoms with Crippen molar-refractivity contribution in [1.82, 2.24) is 20.3 Å². The molecule has 7 nitrogen and oxygen atoms in total. The lowest BCUT2D eigenvalue weighted by Crippen LogP contribution is -2.43. The Morgan fingerprint density at radius 3 is 2.48 bits per heavy atom. The smallest absolute Gasteiger partial charge is 0.222 e. The van der Waals surface area contributed by atoms with Gasteiger partial charge in [0.25, 0.3) is 0 Å². The number of nitrogens with one attached hydrogen (secondary N) is 1. The van der Waals surface area contributed by atoms with Gasteiger partial charge in [-0.15, -0.1) is 5.10 Å². The van der Waals surface area contributed by atoms with Crippen molar-refractivity contribution in [3.8, 4) is 11.5 Å². The molecule has 1 aromatic carbocycles. The number of rotatable bonds is 5. The second kappa shape index (κ2) is 5.53. The Labute approximate surface area is 121 Å². The highest BCUT2D eigenvalue weighted by Gasteiger charge is 2.25. The number of ether oxygens (including phenoxy) is 2. The van der Waals surface area contributed by atoms with Crippen molar-refractivity contribution in [2.45, 2.75) is 6.04 Å². The minimum atomic E-state index is -0.261. The second-order valence-corrected chi connectivity index (χ2v) is 4.76. The van der Waals surface area contributed by atoms with Gasteiger partial charge < -0.3 is 14.8 Å².